The normalized spacial score (nSPS) is 10.3. The molecule has 0 aliphatic carbocycles. The molecule has 0 saturated heterocycles. The van der Waals surface area contributed by atoms with Crippen molar-refractivity contribution in [1.82, 2.24) is 0 Å². The lowest BCUT2D eigenvalue weighted by atomic mass is 10.1. The second-order valence-electron chi connectivity index (χ2n) is 4.78. The molecular formula is C16H23ClO3. The minimum absolute atomic E-state index is 0.424. The van der Waals surface area contributed by atoms with Gasteiger partial charge in [0.1, 0.15) is 11.5 Å². The van der Waals surface area contributed by atoms with Crippen LogP contribution < -0.4 is 9.47 Å². The lowest BCUT2D eigenvalue weighted by Gasteiger charge is -2.07. The van der Waals surface area contributed by atoms with E-state index < -0.39 is 5.43 Å². The van der Waals surface area contributed by atoms with Gasteiger partial charge in [-0.05, 0) is 30.7 Å². The summed E-state index contributed by atoms with van der Waals surface area (Å²) < 4.78 is 10.4. The molecule has 0 aromatic heterocycles. The zero-order valence-electron chi connectivity index (χ0n) is 12.1. The van der Waals surface area contributed by atoms with Crippen LogP contribution in [-0.4, -0.2) is 12.0 Å². The molecule has 1 rings (SSSR count). The Labute approximate surface area is 126 Å². The average molecular weight is 299 g/mol. The van der Waals surface area contributed by atoms with E-state index in [4.69, 9.17) is 21.1 Å². The number of hydrogen-bond acceptors (Lipinski definition) is 3. The van der Waals surface area contributed by atoms with Crippen molar-refractivity contribution in [3.63, 3.8) is 0 Å². The van der Waals surface area contributed by atoms with Gasteiger partial charge in [-0.25, -0.2) is 4.79 Å². The van der Waals surface area contributed by atoms with Crippen molar-refractivity contribution in [2.24, 2.45) is 0 Å². The van der Waals surface area contributed by atoms with Crippen molar-refractivity contribution in [2.75, 3.05) is 6.61 Å². The summed E-state index contributed by atoms with van der Waals surface area (Å²) >= 11 is 5.12. The third-order valence-electron chi connectivity index (χ3n) is 3.04. The number of benzene rings is 1. The number of carbonyl (C=O) groups excluding carboxylic acids is 1. The first-order chi connectivity index (χ1) is 9.72. The largest absolute Gasteiger partial charge is 0.494 e. The fourth-order valence-electron chi connectivity index (χ4n) is 1.95. The molecule has 112 valence electrons. The van der Waals surface area contributed by atoms with Crippen LogP contribution >= 0.6 is 11.6 Å². The molecule has 4 heteroatoms. The molecule has 0 heterocycles. The molecule has 1 aromatic rings. The summed E-state index contributed by atoms with van der Waals surface area (Å²) in [4.78, 5) is 10.5. The van der Waals surface area contributed by atoms with Gasteiger partial charge in [0, 0.05) is 11.6 Å². The van der Waals surface area contributed by atoms with Crippen LogP contribution in [-0.2, 0) is 0 Å². The molecule has 0 unspecified atom stereocenters. The van der Waals surface area contributed by atoms with Crippen molar-refractivity contribution in [3.8, 4) is 11.5 Å². The van der Waals surface area contributed by atoms with E-state index >= 15 is 0 Å². The van der Waals surface area contributed by atoms with Gasteiger partial charge in [-0.2, -0.15) is 0 Å². The minimum Gasteiger partial charge on any atom is -0.494 e. The Morgan fingerprint density at radius 3 is 2.10 bits per heavy atom. The predicted molar refractivity (Wildman–Crippen MR) is 81.8 cm³/mol. The lowest BCUT2D eigenvalue weighted by molar-refractivity contribution is 0.225. The maximum atomic E-state index is 10.5. The van der Waals surface area contributed by atoms with E-state index in [2.05, 4.69) is 6.92 Å². The molecule has 1 aromatic carbocycles. The maximum absolute atomic E-state index is 10.5. The van der Waals surface area contributed by atoms with E-state index in [9.17, 15) is 4.79 Å². The van der Waals surface area contributed by atoms with Crippen LogP contribution in [0, 0.1) is 0 Å². The standard InChI is InChI=1S/C16H23ClO3/c1-2-3-4-5-6-7-8-13-19-14-9-11-15(12-10-14)20-16(17)18/h9-12H,2-8,13H2,1H3. The fraction of sp³-hybridized carbons (Fsp3) is 0.562. The van der Waals surface area contributed by atoms with Gasteiger partial charge in [0.2, 0.25) is 0 Å². The van der Waals surface area contributed by atoms with E-state index in [1.807, 2.05) is 0 Å². The summed E-state index contributed by atoms with van der Waals surface area (Å²) in [6.45, 7) is 2.95. The first-order valence-corrected chi connectivity index (χ1v) is 7.70. The molecule has 0 aliphatic rings. The van der Waals surface area contributed by atoms with Crippen LogP contribution in [0.4, 0.5) is 4.79 Å². The second-order valence-corrected chi connectivity index (χ2v) is 5.09. The number of hydrogen-bond donors (Lipinski definition) is 0. The van der Waals surface area contributed by atoms with Crippen molar-refractivity contribution in [2.45, 2.75) is 51.9 Å². The maximum Gasteiger partial charge on any atom is 0.409 e. The molecular weight excluding hydrogens is 276 g/mol. The molecule has 0 amide bonds. The fourth-order valence-corrected chi connectivity index (χ4v) is 2.03. The summed E-state index contributed by atoms with van der Waals surface area (Å²) in [7, 11) is 0. The molecule has 3 nitrogen and oxygen atoms in total. The monoisotopic (exact) mass is 298 g/mol. The van der Waals surface area contributed by atoms with Gasteiger partial charge in [-0.15, -0.1) is 0 Å². The Kier molecular flexibility index (Phi) is 8.88. The van der Waals surface area contributed by atoms with Crippen LogP contribution in [0.1, 0.15) is 51.9 Å². The summed E-state index contributed by atoms with van der Waals surface area (Å²) in [5, 5.41) is 0. The molecule has 0 atom stereocenters. The van der Waals surface area contributed by atoms with Crippen molar-refractivity contribution in [3.05, 3.63) is 24.3 Å². The lowest BCUT2D eigenvalue weighted by Crippen LogP contribution is -1.98. The Morgan fingerprint density at radius 1 is 0.950 bits per heavy atom. The number of ether oxygens (including phenoxy) is 2. The van der Waals surface area contributed by atoms with Crippen LogP contribution in [0.5, 0.6) is 11.5 Å². The Morgan fingerprint density at radius 2 is 1.50 bits per heavy atom. The zero-order valence-corrected chi connectivity index (χ0v) is 12.8. The minimum atomic E-state index is -0.832. The van der Waals surface area contributed by atoms with Crippen molar-refractivity contribution < 1.29 is 14.3 Å². The van der Waals surface area contributed by atoms with Gasteiger partial charge < -0.3 is 9.47 Å². The predicted octanol–water partition coefficient (Wildman–Crippen LogP) is 5.55. The summed E-state index contributed by atoms with van der Waals surface area (Å²) in [6, 6.07) is 6.88. The number of rotatable bonds is 10. The molecule has 0 bridgehead atoms. The van der Waals surface area contributed by atoms with Crippen LogP contribution in [0.3, 0.4) is 0 Å². The highest BCUT2D eigenvalue weighted by Gasteiger charge is 2.00. The molecule has 20 heavy (non-hydrogen) atoms. The molecule has 0 radical (unpaired) electrons. The number of carbonyl (C=O) groups is 1. The van der Waals surface area contributed by atoms with E-state index in [-0.39, 0.29) is 0 Å². The quantitative estimate of drug-likeness (QED) is 0.419. The SMILES string of the molecule is CCCCCCCCCOc1ccc(OC(=O)Cl)cc1. The molecule has 0 spiro atoms. The van der Waals surface area contributed by atoms with Gasteiger partial charge in [-0.1, -0.05) is 45.4 Å². The van der Waals surface area contributed by atoms with Gasteiger partial charge in [0.15, 0.2) is 0 Å². The molecule has 0 N–H and O–H groups in total. The highest BCUT2D eigenvalue weighted by molar-refractivity contribution is 6.61. The number of unbranched alkanes of at least 4 members (excludes halogenated alkanes) is 6. The van der Waals surface area contributed by atoms with Crippen LogP contribution in [0.2, 0.25) is 0 Å². The first-order valence-electron chi connectivity index (χ1n) is 7.32. The van der Waals surface area contributed by atoms with Gasteiger partial charge in [-0.3, -0.25) is 0 Å². The van der Waals surface area contributed by atoms with E-state index in [0.29, 0.717) is 5.75 Å². The second kappa shape index (κ2) is 10.6. The first kappa shape index (κ1) is 16.8. The summed E-state index contributed by atoms with van der Waals surface area (Å²) in [6.07, 6.45) is 8.88. The van der Waals surface area contributed by atoms with Crippen molar-refractivity contribution >= 4 is 17.0 Å². The molecule has 0 saturated carbocycles. The van der Waals surface area contributed by atoms with Crippen molar-refractivity contribution in [1.29, 1.82) is 0 Å². The third kappa shape index (κ3) is 8.05. The molecule has 0 fully saturated rings. The van der Waals surface area contributed by atoms with E-state index in [0.717, 1.165) is 18.8 Å². The Balaban J connectivity index is 2.08. The zero-order chi connectivity index (χ0) is 14.6. The van der Waals surface area contributed by atoms with E-state index in [1.165, 1.54) is 38.5 Å². The molecule has 0 aliphatic heterocycles. The Bertz CT molecular complexity index is 376. The van der Waals surface area contributed by atoms with Gasteiger partial charge in [0.25, 0.3) is 0 Å². The summed E-state index contributed by atoms with van der Waals surface area (Å²) in [5.74, 6) is 1.21. The van der Waals surface area contributed by atoms with Crippen LogP contribution in [0.25, 0.3) is 0 Å². The third-order valence-corrected chi connectivity index (χ3v) is 3.12. The topological polar surface area (TPSA) is 35.5 Å². The van der Waals surface area contributed by atoms with Crippen LogP contribution in [0.15, 0.2) is 24.3 Å². The van der Waals surface area contributed by atoms with Gasteiger partial charge in [0.05, 0.1) is 6.61 Å². The van der Waals surface area contributed by atoms with Gasteiger partial charge >= 0.3 is 5.43 Å². The highest BCUT2D eigenvalue weighted by atomic mass is 35.5. The van der Waals surface area contributed by atoms with E-state index in [1.54, 1.807) is 24.3 Å². The average Bonchev–Trinajstić information content (AvgIpc) is 2.43. The smallest absolute Gasteiger partial charge is 0.409 e. The summed E-state index contributed by atoms with van der Waals surface area (Å²) in [5.41, 5.74) is -0.832. The highest BCUT2D eigenvalue weighted by Crippen LogP contribution is 2.18. The Hall–Kier alpha value is -1.22. The number of halogens is 1.